The minimum absolute atomic E-state index is 0.261. The van der Waals surface area contributed by atoms with Crippen LogP contribution in [-0.4, -0.2) is 17.6 Å². The fourth-order valence-electron chi connectivity index (χ4n) is 1.66. The van der Waals surface area contributed by atoms with Gasteiger partial charge in [-0.25, -0.2) is 4.79 Å². The van der Waals surface area contributed by atoms with Crippen molar-refractivity contribution < 1.29 is 9.53 Å². The van der Waals surface area contributed by atoms with Crippen molar-refractivity contribution in [3.63, 3.8) is 0 Å². The number of hydrogen-bond acceptors (Lipinski definition) is 3. The maximum absolute atomic E-state index is 11.7. The van der Waals surface area contributed by atoms with Gasteiger partial charge in [0.15, 0.2) is 0 Å². The second-order valence-electron chi connectivity index (χ2n) is 4.11. The molecule has 2 aromatic rings. The zero-order chi connectivity index (χ0) is 13.5. The van der Waals surface area contributed by atoms with Gasteiger partial charge < -0.3 is 4.74 Å². The van der Waals surface area contributed by atoms with Crippen LogP contribution in [0.15, 0.2) is 48.8 Å². The molecule has 0 aliphatic rings. The topological polar surface area (TPSA) is 39.2 Å². The van der Waals surface area contributed by atoms with Gasteiger partial charge in [0.2, 0.25) is 0 Å². The van der Waals surface area contributed by atoms with Crippen LogP contribution in [0, 0.1) is 3.57 Å². The predicted octanol–water partition coefficient (Wildman–Crippen LogP) is 3.48. The van der Waals surface area contributed by atoms with E-state index in [-0.39, 0.29) is 5.97 Å². The van der Waals surface area contributed by atoms with Crippen molar-refractivity contribution in [2.45, 2.75) is 12.8 Å². The van der Waals surface area contributed by atoms with Gasteiger partial charge in [0.25, 0.3) is 0 Å². The highest BCUT2D eigenvalue weighted by atomic mass is 127. The molecule has 0 bridgehead atoms. The Labute approximate surface area is 126 Å². The molecule has 3 nitrogen and oxygen atoms in total. The van der Waals surface area contributed by atoms with Gasteiger partial charge >= 0.3 is 5.97 Å². The van der Waals surface area contributed by atoms with Gasteiger partial charge in [0.1, 0.15) is 0 Å². The quantitative estimate of drug-likeness (QED) is 0.462. The molecule has 0 radical (unpaired) electrons. The molecule has 0 spiro atoms. The molecule has 0 fully saturated rings. The molecule has 1 heterocycles. The third-order valence-corrected chi connectivity index (χ3v) is 3.36. The number of ether oxygens (including phenoxy) is 1. The lowest BCUT2D eigenvalue weighted by Gasteiger charge is -2.05. The lowest BCUT2D eigenvalue weighted by molar-refractivity contribution is 0.0500. The number of carbonyl (C=O) groups excluding carboxylic acids is 1. The van der Waals surface area contributed by atoms with Crippen LogP contribution in [0.2, 0.25) is 0 Å². The Balaban J connectivity index is 1.74. The first-order valence-corrected chi connectivity index (χ1v) is 7.15. The number of carbonyl (C=O) groups is 1. The standard InChI is InChI=1S/C15H14INO2/c16-14-7-5-13(6-8-14)15(18)19-10-2-4-12-3-1-9-17-11-12/h1,3,5-9,11H,2,4,10H2. The molecule has 0 amide bonds. The summed E-state index contributed by atoms with van der Waals surface area (Å²) in [6.45, 7) is 0.430. The summed E-state index contributed by atoms with van der Waals surface area (Å²) in [6, 6.07) is 11.3. The Morgan fingerprint density at radius 3 is 2.68 bits per heavy atom. The number of esters is 1. The fourth-order valence-corrected chi connectivity index (χ4v) is 2.02. The second-order valence-corrected chi connectivity index (χ2v) is 5.35. The molecular weight excluding hydrogens is 353 g/mol. The highest BCUT2D eigenvalue weighted by Crippen LogP contribution is 2.08. The zero-order valence-corrected chi connectivity index (χ0v) is 12.5. The Hall–Kier alpha value is -1.43. The zero-order valence-electron chi connectivity index (χ0n) is 10.4. The molecule has 1 aromatic carbocycles. The maximum atomic E-state index is 11.7. The highest BCUT2D eigenvalue weighted by Gasteiger charge is 2.06. The van der Waals surface area contributed by atoms with Crippen LogP contribution in [0.25, 0.3) is 0 Å². The summed E-state index contributed by atoms with van der Waals surface area (Å²) in [5, 5.41) is 0. The van der Waals surface area contributed by atoms with Crippen molar-refractivity contribution in [1.29, 1.82) is 0 Å². The molecule has 0 aliphatic heterocycles. The number of aromatic nitrogens is 1. The second kappa shape index (κ2) is 7.23. The van der Waals surface area contributed by atoms with E-state index >= 15 is 0 Å². The molecule has 98 valence electrons. The van der Waals surface area contributed by atoms with Crippen molar-refractivity contribution in [2.75, 3.05) is 6.61 Å². The van der Waals surface area contributed by atoms with Crippen molar-refractivity contribution >= 4 is 28.6 Å². The monoisotopic (exact) mass is 367 g/mol. The van der Waals surface area contributed by atoms with Crippen LogP contribution < -0.4 is 0 Å². The number of pyridine rings is 1. The van der Waals surface area contributed by atoms with Crippen LogP contribution in [0.1, 0.15) is 22.3 Å². The fraction of sp³-hybridized carbons (Fsp3) is 0.200. The Bertz CT molecular complexity index is 526. The van der Waals surface area contributed by atoms with E-state index in [1.165, 1.54) is 0 Å². The summed E-state index contributed by atoms with van der Waals surface area (Å²) in [5.41, 5.74) is 1.76. The van der Waals surface area contributed by atoms with E-state index in [1.807, 2.05) is 30.5 Å². The van der Waals surface area contributed by atoms with Crippen LogP contribution in [-0.2, 0) is 11.2 Å². The molecule has 0 saturated heterocycles. The first kappa shape index (κ1) is 14.0. The van der Waals surface area contributed by atoms with Crippen molar-refractivity contribution in [2.24, 2.45) is 0 Å². The van der Waals surface area contributed by atoms with Gasteiger partial charge in [-0.3, -0.25) is 4.98 Å². The molecule has 0 unspecified atom stereocenters. The first-order chi connectivity index (χ1) is 9.25. The Morgan fingerprint density at radius 1 is 1.21 bits per heavy atom. The van der Waals surface area contributed by atoms with E-state index in [1.54, 1.807) is 18.3 Å². The van der Waals surface area contributed by atoms with E-state index in [9.17, 15) is 4.79 Å². The number of halogens is 1. The SMILES string of the molecule is O=C(OCCCc1cccnc1)c1ccc(I)cc1. The third kappa shape index (κ3) is 4.63. The molecule has 0 aliphatic carbocycles. The van der Waals surface area contributed by atoms with Crippen molar-refractivity contribution in [1.82, 2.24) is 4.98 Å². The summed E-state index contributed by atoms with van der Waals surface area (Å²) in [6.07, 6.45) is 5.26. The van der Waals surface area contributed by atoms with Gasteiger partial charge in [-0.1, -0.05) is 6.07 Å². The molecule has 4 heteroatoms. The normalized spacial score (nSPS) is 10.2. The van der Waals surface area contributed by atoms with E-state index < -0.39 is 0 Å². The summed E-state index contributed by atoms with van der Waals surface area (Å²) < 4.78 is 6.33. The lowest BCUT2D eigenvalue weighted by Crippen LogP contribution is -2.07. The number of benzene rings is 1. The van der Waals surface area contributed by atoms with E-state index in [0.717, 1.165) is 22.0 Å². The molecule has 2 rings (SSSR count). The minimum atomic E-state index is -0.261. The first-order valence-electron chi connectivity index (χ1n) is 6.07. The predicted molar refractivity (Wildman–Crippen MR) is 82.0 cm³/mol. The number of rotatable bonds is 5. The van der Waals surface area contributed by atoms with E-state index in [0.29, 0.717) is 12.2 Å². The smallest absolute Gasteiger partial charge is 0.338 e. The average molecular weight is 367 g/mol. The summed E-state index contributed by atoms with van der Waals surface area (Å²) in [5.74, 6) is -0.261. The Kier molecular flexibility index (Phi) is 5.32. The van der Waals surface area contributed by atoms with Crippen LogP contribution in [0.4, 0.5) is 0 Å². The van der Waals surface area contributed by atoms with Gasteiger partial charge in [-0.2, -0.15) is 0 Å². The van der Waals surface area contributed by atoms with Crippen LogP contribution in [0.3, 0.4) is 0 Å². The number of nitrogens with zero attached hydrogens (tertiary/aromatic N) is 1. The molecular formula is C15H14INO2. The summed E-state index contributed by atoms with van der Waals surface area (Å²) >= 11 is 2.20. The Morgan fingerprint density at radius 2 is 2.00 bits per heavy atom. The van der Waals surface area contributed by atoms with Gasteiger partial charge in [0.05, 0.1) is 12.2 Å². The third-order valence-electron chi connectivity index (χ3n) is 2.65. The number of aryl methyl sites for hydroxylation is 1. The molecule has 0 N–H and O–H groups in total. The van der Waals surface area contributed by atoms with Crippen molar-refractivity contribution in [3.05, 3.63) is 63.5 Å². The maximum Gasteiger partial charge on any atom is 0.338 e. The minimum Gasteiger partial charge on any atom is -0.462 e. The lowest BCUT2D eigenvalue weighted by atomic mass is 10.2. The van der Waals surface area contributed by atoms with E-state index in [4.69, 9.17) is 4.74 Å². The molecule has 19 heavy (non-hydrogen) atoms. The average Bonchev–Trinajstić information content (AvgIpc) is 2.45. The largest absolute Gasteiger partial charge is 0.462 e. The molecule has 0 atom stereocenters. The highest BCUT2D eigenvalue weighted by molar-refractivity contribution is 14.1. The number of hydrogen-bond donors (Lipinski definition) is 0. The summed E-state index contributed by atoms with van der Waals surface area (Å²) in [4.78, 5) is 15.8. The van der Waals surface area contributed by atoms with E-state index in [2.05, 4.69) is 27.6 Å². The van der Waals surface area contributed by atoms with Crippen LogP contribution >= 0.6 is 22.6 Å². The van der Waals surface area contributed by atoms with Gasteiger partial charge in [-0.05, 0) is 71.3 Å². The summed E-state index contributed by atoms with van der Waals surface area (Å²) in [7, 11) is 0. The molecule has 0 saturated carbocycles. The van der Waals surface area contributed by atoms with Crippen molar-refractivity contribution in [3.8, 4) is 0 Å². The van der Waals surface area contributed by atoms with Gasteiger partial charge in [-0.15, -0.1) is 0 Å². The molecule has 1 aromatic heterocycles. The van der Waals surface area contributed by atoms with Gasteiger partial charge in [0, 0.05) is 16.0 Å². The van der Waals surface area contributed by atoms with Crippen LogP contribution in [0.5, 0.6) is 0 Å².